The number of anilines is 1. The van der Waals surface area contributed by atoms with Crippen LogP contribution in [-0.2, 0) is 0 Å². The smallest absolute Gasteiger partial charge is 0.0927 e. The summed E-state index contributed by atoms with van der Waals surface area (Å²) in [4.78, 5) is 4.14. The molecule has 3 nitrogen and oxygen atoms in total. The molecule has 2 aromatic rings. The fraction of sp³-hybridized carbons (Fsp3) is 0.167. The number of aryl methyl sites for hydroxylation is 2. The molecule has 2 heterocycles. The molecule has 0 unspecified atom stereocenters. The van der Waals surface area contributed by atoms with Gasteiger partial charge in [-0.25, -0.2) is 0 Å². The standard InChI is InChI=1S/C18H18FN3/c1-13-3-6-15(7-4-13)16-9-18(11-20-10-16)22(19)17-8-5-14(2)21-12-17/h3-8,10-12,20H,9H2,1-2H3. The van der Waals surface area contributed by atoms with E-state index in [2.05, 4.69) is 41.5 Å². The highest BCUT2D eigenvalue weighted by Gasteiger charge is 2.17. The van der Waals surface area contributed by atoms with Crippen LogP contribution in [0.25, 0.3) is 5.57 Å². The number of halogens is 1. The van der Waals surface area contributed by atoms with Crippen LogP contribution in [0.5, 0.6) is 0 Å². The number of pyridine rings is 1. The van der Waals surface area contributed by atoms with Gasteiger partial charge in [-0.3, -0.25) is 4.98 Å². The molecule has 0 radical (unpaired) electrons. The van der Waals surface area contributed by atoms with Crippen LogP contribution in [0.3, 0.4) is 0 Å². The van der Waals surface area contributed by atoms with Crippen molar-refractivity contribution in [1.82, 2.24) is 10.3 Å². The van der Waals surface area contributed by atoms with Gasteiger partial charge in [-0.15, -0.1) is 0 Å². The van der Waals surface area contributed by atoms with Crippen molar-refractivity contribution in [3.05, 3.63) is 77.5 Å². The molecular weight excluding hydrogens is 277 g/mol. The first-order valence-corrected chi connectivity index (χ1v) is 7.23. The molecule has 22 heavy (non-hydrogen) atoms. The highest BCUT2D eigenvalue weighted by molar-refractivity contribution is 5.70. The molecule has 0 saturated heterocycles. The molecule has 3 rings (SSSR count). The van der Waals surface area contributed by atoms with Crippen LogP contribution in [0.2, 0.25) is 0 Å². The van der Waals surface area contributed by atoms with Crippen LogP contribution in [0.15, 0.2) is 60.7 Å². The van der Waals surface area contributed by atoms with Crippen molar-refractivity contribution in [3.63, 3.8) is 0 Å². The lowest BCUT2D eigenvalue weighted by atomic mass is 9.99. The highest BCUT2D eigenvalue weighted by Crippen LogP contribution is 2.29. The lowest BCUT2D eigenvalue weighted by molar-refractivity contribution is 0.472. The molecule has 0 fully saturated rings. The topological polar surface area (TPSA) is 28.2 Å². The summed E-state index contributed by atoms with van der Waals surface area (Å²) >= 11 is 0. The second kappa shape index (κ2) is 6.02. The second-order valence-corrected chi connectivity index (χ2v) is 5.45. The summed E-state index contributed by atoms with van der Waals surface area (Å²) in [5.74, 6) is 0. The Morgan fingerprint density at radius 1 is 1.05 bits per heavy atom. The van der Waals surface area contributed by atoms with E-state index in [9.17, 15) is 4.48 Å². The average molecular weight is 295 g/mol. The molecule has 1 aliphatic heterocycles. The van der Waals surface area contributed by atoms with E-state index in [1.165, 1.54) is 5.56 Å². The molecule has 0 spiro atoms. The molecule has 0 saturated carbocycles. The van der Waals surface area contributed by atoms with Crippen molar-refractivity contribution in [2.24, 2.45) is 0 Å². The van der Waals surface area contributed by atoms with Crippen molar-refractivity contribution in [3.8, 4) is 0 Å². The number of nitrogens with one attached hydrogen (secondary N) is 1. The molecule has 1 aromatic heterocycles. The highest BCUT2D eigenvalue weighted by atomic mass is 19.2. The molecule has 0 amide bonds. The number of hydrogen-bond acceptors (Lipinski definition) is 3. The Bertz CT molecular complexity index is 715. The lowest BCUT2D eigenvalue weighted by Crippen LogP contribution is -2.18. The lowest BCUT2D eigenvalue weighted by Gasteiger charge is -2.22. The quantitative estimate of drug-likeness (QED) is 0.857. The van der Waals surface area contributed by atoms with E-state index < -0.39 is 0 Å². The van der Waals surface area contributed by atoms with Gasteiger partial charge in [-0.2, -0.15) is 5.12 Å². The maximum absolute atomic E-state index is 14.6. The van der Waals surface area contributed by atoms with Gasteiger partial charge in [-0.05, 0) is 37.1 Å². The Labute approximate surface area is 129 Å². The van der Waals surface area contributed by atoms with Gasteiger partial charge in [-0.1, -0.05) is 34.3 Å². The SMILES string of the molecule is Cc1ccc(C2=CNC=C(N(F)c3ccc(C)nc3)C2)cc1. The summed E-state index contributed by atoms with van der Waals surface area (Å²) in [5, 5.41) is 3.72. The number of rotatable bonds is 3. The zero-order chi connectivity index (χ0) is 15.5. The molecule has 4 heteroatoms. The van der Waals surface area contributed by atoms with E-state index in [0.29, 0.717) is 22.9 Å². The van der Waals surface area contributed by atoms with Gasteiger partial charge in [0.05, 0.1) is 17.6 Å². The van der Waals surface area contributed by atoms with Crippen LogP contribution in [0, 0.1) is 13.8 Å². The number of benzene rings is 1. The first-order valence-electron chi connectivity index (χ1n) is 7.23. The van der Waals surface area contributed by atoms with E-state index >= 15 is 0 Å². The Morgan fingerprint density at radius 3 is 2.50 bits per heavy atom. The normalized spacial score (nSPS) is 14.0. The first-order chi connectivity index (χ1) is 10.6. The fourth-order valence-corrected chi connectivity index (χ4v) is 2.36. The van der Waals surface area contributed by atoms with Crippen molar-refractivity contribution in [2.75, 3.05) is 5.12 Å². The predicted octanol–water partition coefficient (Wildman–Crippen LogP) is 4.27. The minimum Gasteiger partial charge on any atom is -0.366 e. The van der Waals surface area contributed by atoms with Crippen molar-refractivity contribution in [2.45, 2.75) is 20.3 Å². The summed E-state index contributed by atoms with van der Waals surface area (Å²) in [5.41, 5.74) is 5.22. The van der Waals surface area contributed by atoms with E-state index in [-0.39, 0.29) is 0 Å². The van der Waals surface area contributed by atoms with E-state index in [1.54, 1.807) is 24.5 Å². The Balaban J connectivity index is 1.78. The van der Waals surface area contributed by atoms with Crippen LogP contribution >= 0.6 is 0 Å². The number of dihydropyridines is 1. The Hall–Kier alpha value is -2.62. The van der Waals surface area contributed by atoms with Gasteiger partial charge in [0.15, 0.2) is 0 Å². The molecule has 0 bridgehead atoms. The first kappa shape index (κ1) is 14.3. The third-order valence-corrected chi connectivity index (χ3v) is 3.68. The molecular formula is C18H18FN3. The van der Waals surface area contributed by atoms with Gasteiger partial charge in [0, 0.05) is 24.5 Å². The van der Waals surface area contributed by atoms with E-state index in [4.69, 9.17) is 0 Å². The molecule has 1 aromatic carbocycles. The minimum absolute atomic E-state index is 0.434. The van der Waals surface area contributed by atoms with Crippen molar-refractivity contribution >= 4 is 11.3 Å². The Kier molecular flexibility index (Phi) is 3.92. The average Bonchev–Trinajstić information content (AvgIpc) is 2.56. The van der Waals surface area contributed by atoms with Crippen molar-refractivity contribution in [1.29, 1.82) is 0 Å². The van der Waals surface area contributed by atoms with Crippen LogP contribution in [0.1, 0.15) is 23.2 Å². The van der Waals surface area contributed by atoms with Crippen molar-refractivity contribution < 1.29 is 4.48 Å². The number of hydrogen-bond donors (Lipinski definition) is 1. The maximum atomic E-state index is 14.6. The molecule has 1 N–H and O–H groups in total. The summed E-state index contributed by atoms with van der Waals surface area (Å²) in [6, 6.07) is 11.8. The summed E-state index contributed by atoms with van der Waals surface area (Å²) in [7, 11) is 0. The molecule has 1 aliphatic rings. The van der Waals surface area contributed by atoms with Gasteiger partial charge in [0.1, 0.15) is 0 Å². The number of nitrogens with zero attached hydrogens (tertiary/aromatic N) is 2. The predicted molar refractivity (Wildman–Crippen MR) is 87.6 cm³/mol. The third kappa shape index (κ3) is 3.01. The molecule has 112 valence electrons. The van der Waals surface area contributed by atoms with Gasteiger partial charge < -0.3 is 5.32 Å². The maximum Gasteiger partial charge on any atom is 0.0927 e. The zero-order valence-electron chi connectivity index (χ0n) is 12.7. The van der Waals surface area contributed by atoms with Gasteiger partial charge >= 0.3 is 0 Å². The fourth-order valence-electron chi connectivity index (χ4n) is 2.36. The third-order valence-electron chi connectivity index (χ3n) is 3.68. The van der Waals surface area contributed by atoms with E-state index in [1.807, 2.05) is 13.1 Å². The second-order valence-electron chi connectivity index (χ2n) is 5.45. The monoisotopic (exact) mass is 295 g/mol. The molecule has 0 aliphatic carbocycles. The van der Waals surface area contributed by atoms with Gasteiger partial charge in [0.2, 0.25) is 0 Å². The molecule has 0 atom stereocenters. The largest absolute Gasteiger partial charge is 0.366 e. The summed E-state index contributed by atoms with van der Waals surface area (Å²) in [6.07, 6.45) is 5.66. The minimum atomic E-state index is 0.434. The number of aromatic nitrogens is 1. The summed E-state index contributed by atoms with van der Waals surface area (Å²) in [6.45, 7) is 3.93. The van der Waals surface area contributed by atoms with E-state index in [0.717, 1.165) is 16.8 Å². The van der Waals surface area contributed by atoms with Crippen LogP contribution in [0.4, 0.5) is 10.2 Å². The Morgan fingerprint density at radius 2 is 1.82 bits per heavy atom. The van der Waals surface area contributed by atoms with Crippen LogP contribution in [-0.4, -0.2) is 4.98 Å². The summed E-state index contributed by atoms with van der Waals surface area (Å²) < 4.78 is 14.6. The zero-order valence-corrected chi connectivity index (χ0v) is 12.7. The van der Waals surface area contributed by atoms with Crippen LogP contribution < -0.4 is 10.4 Å². The number of allylic oxidation sites excluding steroid dienone is 1. The van der Waals surface area contributed by atoms with Gasteiger partial charge in [0.25, 0.3) is 0 Å².